The highest BCUT2D eigenvalue weighted by atomic mass is 32.2. The number of hydrogen-bond acceptors (Lipinski definition) is 4. The van der Waals surface area contributed by atoms with Gasteiger partial charge in [-0.2, -0.15) is 0 Å². The van der Waals surface area contributed by atoms with Crippen LogP contribution in [-0.4, -0.2) is 24.5 Å². The zero-order valence-corrected chi connectivity index (χ0v) is 11.4. The summed E-state index contributed by atoms with van der Waals surface area (Å²) in [6.07, 6.45) is 1.55. The van der Waals surface area contributed by atoms with Crippen LogP contribution in [0.25, 0.3) is 0 Å². The number of carbonyl (C=O) groups is 1. The van der Waals surface area contributed by atoms with Crippen molar-refractivity contribution in [1.82, 2.24) is 4.98 Å². The Kier molecular flexibility index (Phi) is 3.71. The van der Waals surface area contributed by atoms with Crippen molar-refractivity contribution in [1.29, 1.82) is 0 Å². The molecule has 0 saturated carbocycles. The van der Waals surface area contributed by atoms with E-state index in [1.165, 1.54) is 18.2 Å². The molecule has 0 radical (unpaired) electrons. The number of aryl methyl sites for hydroxylation is 1. The van der Waals surface area contributed by atoms with E-state index >= 15 is 0 Å². The Balaban J connectivity index is 2.38. The molecule has 0 atom stereocenters. The largest absolute Gasteiger partial charge is 0.478 e. The van der Waals surface area contributed by atoms with Crippen LogP contribution >= 0.6 is 0 Å². The summed E-state index contributed by atoms with van der Waals surface area (Å²) < 4.78 is 26.8. The number of rotatable bonds is 4. The van der Waals surface area contributed by atoms with Crippen LogP contribution in [0.5, 0.6) is 0 Å². The van der Waals surface area contributed by atoms with Crippen molar-refractivity contribution < 1.29 is 18.3 Å². The Morgan fingerprint density at radius 2 is 2.00 bits per heavy atom. The van der Waals surface area contributed by atoms with E-state index in [0.717, 1.165) is 6.07 Å². The summed E-state index contributed by atoms with van der Waals surface area (Å²) in [4.78, 5) is 14.7. The highest BCUT2D eigenvalue weighted by Crippen LogP contribution is 2.18. The highest BCUT2D eigenvalue weighted by Gasteiger charge is 2.17. The van der Waals surface area contributed by atoms with Gasteiger partial charge in [-0.25, -0.2) is 13.2 Å². The summed E-state index contributed by atoms with van der Waals surface area (Å²) in [5, 5.41) is 8.88. The van der Waals surface area contributed by atoms with Crippen LogP contribution in [-0.2, 0) is 10.0 Å². The number of sulfonamides is 1. The van der Waals surface area contributed by atoms with Crippen molar-refractivity contribution >= 4 is 21.7 Å². The standard InChI is InChI=1S/C13H12N2O4S/c1-9-12(6-3-7-14-9)15-20(18,19)11-5-2-4-10(8-11)13(16)17/h2-8,15H,1H3,(H,16,17). The van der Waals surface area contributed by atoms with E-state index in [0.29, 0.717) is 11.4 Å². The van der Waals surface area contributed by atoms with Crippen LogP contribution in [0.15, 0.2) is 47.5 Å². The fourth-order valence-electron chi connectivity index (χ4n) is 1.59. The van der Waals surface area contributed by atoms with E-state index in [9.17, 15) is 13.2 Å². The number of carboxylic acids is 1. The molecule has 0 saturated heterocycles. The van der Waals surface area contributed by atoms with Gasteiger partial charge in [-0.05, 0) is 37.3 Å². The van der Waals surface area contributed by atoms with Crippen molar-refractivity contribution in [2.75, 3.05) is 4.72 Å². The Morgan fingerprint density at radius 3 is 2.65 bits per heavy atom. The molecule has 0 spiro atoms. The predicted molar refractivity (Wildman–Crippen MR) is 73.2 cm³/mol. The molecule has 0 amide bonds. The van der Waals surface area contributed by atoms with Gasteiger partial charge in [0.1, 0.15) is 0 Å². The van der Waals surface area contributed by atoms with E-state index < -0.39 is 16.0 Å². The number of aromatic carboxylic acids is 1. The SMILES string of the molecule is Cc1ncccc1NS(=O)(=O)c1cccc(C(=O)O)c1. The number of hydrogen-bond donors (Lipinski definition) is 2. The van der Waals surface area contributed by atoms with E-state index in [-0.39, 0.29) is 10.5 Å². The highest BCUT2D eigenvalue weighted by molar-refractivity contribution is 7.92. The lowest BCUT2D eigenvalue weighted by Gasteiger charge is -2.10. The quantitative estimate of drug-likeness (QED) is 0.897. The molecule has 1 heterocycles. The zero-order chi connectivity index (χ0) is 14.8. The minimum atomic E-state index is -3.85. The molecule has 20 heavy (non-hydrogen) atoms. The van der Waals surface area contributed by atoms with Gasteiger partial charge in [-0.15, -0.1) is 0 Å². The van der Waals surface area contributed by atoms with Crippen LogP contribution < -0.4 is 4.72 Å². The van der Waals surface area contributed by atoms with Gasteiger partial charge in [-0.3, -0.25) is 9.71 Å². The lowest BCUT2D eigenvalue weighted by Crippen LogP contribution is -2.14. The lowest BCUT2D eigenvalue weighted by atomic mass is 10.2. The van der Waals surface area contributed by atoms with Gasteiger partial charge in [0.05, 0.1) is 21.8 Å². The molecule has 0 aliphatic carbocycles. The topological polar surface area (TPSA) is 96.4 Å². The summed E-state index contributed by atoms with van der Waals surface area (Å²) in [6.45, 7) is 1.67. The van der Waals surface area contributed by atoms with Gasteiger partial charge >= 0.3 is 5.97 Å². The van der Waals surface area contributed by atoms with Crippen molar-refractivity contribution in [3.8, 4) is 0 Å². The molecule has 0 bridgehead atoms. The minimum Gasteiger partial charge on any atom is -0.478 e. The van der Waals surface area contributed by atoms with E-state index in [1.807, 2.05) is 0 Å². The molecule has 0 aliphatic rings. The van der Waals surface area contributed by atoms with Crippen molar-refractivity contribution in [2.45, 2.75) is 11.8 Å². The molecule has 6 nitrogen and oxygen atoms in total. The normalized spacial score (nSPS) is 11.1. The molecular formula is C13H12N2O4S. The monoisotopic (exact) mass is 292 g/mol. The van der Waals surface area contributed by atoms with Crippen molar-refractivity contribution in [3.05, 3.63) is 53.9 Å². The molecule has 104 valence electrons. The predicted octanol–water partition coefficient (Wildman–Crippen LogP) is 1.89. The third kappa shape index (κ3) is 2.94. The van der Waals surface area contributed by atoms with Crippen molar-refractivity contribution in [3.63, 3.8) is 0 Å². The molecule has 0 aliphatic heterocycles. The molecule has 2 rings (SSSR count). The average Bonchev–Trinajstić information content (AvgIpc) is 2.41. The summed E-state index contributed by atoms with van der Waals surface area (Å²) in [6, 6.07) is 8.35. The molecule has 7 heteroatoms. The molecular weight excluding hydrogens is 280 g/mol. The average molecular weight is 292 g/mol. The Hall–Kier alpha value is -2.41. The van der Waals surface area contributed by atoms with Gasteiger partial charge in [0.25, 0.3) is 10.0 Å². The molecule has 2 aromatic rings. The van der Waals surface area contributed by atoms with E-state index in [4.69, 9.17) is 5.11 Å². The number of anilines is 1. The van der Waals surface area contributed by atoms with Crippen LogP contribution in [0, 0.1) is 6.92 Å². The maximum Gasteiger partial charge on any atom is 0.335 e. The summed E-state index contributed by atoms with van der Waals surface area (Å²) in [7, 11) is -3.85. The van der Waals surface area contributed by atoms with E-state index in [2.05, 4.69) is 9.71 Å². The Bertz CT molecular complexity index is 756. The first-order chi connectivity index (χ1) is 9.40. The first-order valence-corrected chi connectivity index (χ1v) is 7.16. The van der Waals surface area contributed by atoms with Crippen LogP contribution in [0.4, 0.5) is 5.69 Å². The van der Waals surface area contributed by atoms with Gasteiger partial charge in [0.2, 0.25) is 0 Å². The van der Waals surface area contributed by atoms with Gasteiger partial charge < -0.3 is 5.11 Å². The Morgan fingerprint density at radius 1 is 1.25 bits per heavy atom. The second-order valence-electron chi connectivity index (χ2n) is 4.07. The van der Waals surface area contributed by atoms with Crippen molar-refractivity contribution in [2.24, 2.45) is 0 Å². The third-order valence-electron chi connectivity index (χ3n) is 2.64. The summed E-state index contributed by atoms with van der Waals surface area (Å²) >= 11 is 0. The number of pyridine rings is 1. The zero-order valence-electron chi connectivity index (χ0n) is 10.6. The number of carboxylic acid groups (broad SMARTS) is 1. The molecule has 1 aromatic carbocycles. The third-order valence-corrected chi connectivity index (χ3v) is 4.01. The van der Waals surface area contributed by atoms with Gasteiger partial charge in [-0.1, -0.05) is 6.07 Å². The molecule has 2 N–H and O–H groups in total. The first-order valence-electron chi connectivity index (χ1n) is 5.68. The number of benzene rings is 1. The number of nitrogens with one attached hydrogen (secondary N) is 1. The Labute approximate surface area is 116 Å². The maximum absolute atomic E-state index is 12.2. The van der Waals surface area contributed by atoms with Crippen LogP contribution in [0.2, 0.25) is 0 Å². The lowest BCUT2D eigenvalue weighted by molar-refractivity contribution is 0.0696. The minimum absolute atomic E-state index is 0.0872. The number of aromatic nitrogens is 1. The second-order valence-corrected chi connectivity index (χ2v) is 5.76. The second kappa shape index (κ2) is 5.30. The smallest absolute Gasteiger partial charge is 0.335 e. The summed E-state index contributed by atoms with van der Waals surface area (Å²) in [5.41, 5.74) is 0.800. The maximum atomic E-state index is 12.2. The molecule has 0 fully saturated rings. The molecule has 0 unspecified atom stereocenters. The first kappa shape index (κ1) is 14.0. The number of nitrogens with zero attached hydrogens (tertiary/aromatic N) is 1. The summed E-state index contributed by atoms with van der Waals surface area (Å²) in [5.74, 6) is -1.18. The fraction of sp³-hybridized carbons (Fsp3) is 0.0769. The molecule has 1 aromatic heterocycles. The van der Waals surface area contributed by atoms with Crippen LogP contribution in [0.1, 0.15) is 16.1 Å². The van der Waals surface area contributed by atoms with E-state index in [1.54, 1.807) is 25.3 Å². The van der Waals surface area contributed by atoms with Crippen LogP contribution in [0.3, 0.4) is 0 Å². The fourth-order valence-corrected chi connectivity index (χ4v) is 2.76. The van der Waals surface area contributed by atoms with Gasteiger partial charge in [0, 0.05) is 6.20 Å². The van der Waals surface area contributed by atoms with Gasteiger partial charge in [0.15, 0.2) is 0 Å².